The molecule has 0 radical (unpaired) electrons. The second kappa shape index (κ2) is 10.6. The molecule has 4 rings (SSSR count). The number of hydrogen-bond acceptors (Lipinski definition) is 6. The van der Waals surface area contributed by atoms with Crippen molar-refractivity contribution in [3.8, 4) is 11.5 Å². The van der Waals surface area contributed by atoms with Gasteiger partial charge in [0.05, 0.1) is 18.6 Å². The highest BCUT2D eigenvalue weighted by Gasteiger charge is 2.34. The molecule has 2 aromatic carbocycles. The fourth-order valence-corrected chi connectivity index (χ4v) is 4.93. The zero-order valence-electron chi connectivity index (χ0n) is 19.0. The van der Waals surface area contributed by atoms with Crippen molar-refractivity contribution in [2.75, 3.05) is 33.4 Å². The van der Waals surface area contributed by atoms with E-state index >= 15 is 0 Å². The maximum absolute atomic E-state index is 13.8. The summed E-state index contributed by atoms with van der Waals surface area (Å²) in [6, 6.07) is 9.01. The molecule has 0 unspecified atom stereocenters. The number of nitrogens with zero attached hydrogens (tertiary/aromatic N) is 1. The number of hydrogen-bond donors (Lipinski definition) is 0. The maximum atomic E-state index is 13.8. The third kappa shape index (κ3) is 6.11. The van der Waals surface area contributed by atoms with E-state index < -0.39 is 11.7 Å². The molecule has 6 nitrogen and oxygen atoms in total. The Labute approximate surface area is 205 Å². The van der Waals surface area contributed by atoms with Crippen molar-refractivity contribution in [3.63, 3.8) is 0 Å². The first-order valence-corrected chi connectivity index (χ1v) is 11.9. The van der Waals surface area contributed by atoms with Crippen LogP contribution in [0.1, 0.15) is 24.0 Å². The van der Waals surface area contributed by atoms with Crippen LogP contribution < -0.4 is 9.47 Å². The molecule has 1 fully saturated rings. The summed E-state index contributed by atoms with van der Waals surface area (Å²) >= 11 is 0.981. The largest absolute Gasteiger partial charge is 0.486 e. The van der Waals surface area contributed by atoms with E-state index in [1.54, 1.807) is 29.2 Å². The summed E-state index contributed by atoms with van der Waals surface area (Å²) in [5.41, 5.74) is -0.521. The lowest BCUT2D eigenvalue weighted by Crippen LogP contribution is -2.39. The Hall–Kier alpha value is -3.14. The van der Waals surface area contributed by atoms with Gasteiger partial charge in [-0.15, -0.1) is 0 Å². The summed E-state index contributed by atoms with van der Waals surface area (Å²) in [7, 11) is 1.33. The van der Waals surface area contributed by atoms with Gasteiger partial charge >= 0.3 is 12.1 Å². The van der Waals surface area contributed by atoms with Crippen LogP contribution >= 0.6 is 11.8 Å². The number of amides is 1. The van der Waals surface area contributed by atoms with E-state index in [4.69, 9.17) is 14.2 Å². The standard InChI is InChI=1S/C25H24F3NO5S/c1-32-24(31)17-8-10-29(11-9-17)23(30)7-3-16-2-6-22(19(14-16)25(26,27)28)35-18-4-5-20-21(15-18)34-13-12-33-20/h2-7,14-15,17H,8-13H2,1H3/b7-3+. The van der Waals surface area contributed by atoms with E-state index in [0.717, 1.165) is 17.8 Å². The highest BCUT2D eigenvalue weighted by atomic mass is 32.2. The Kier molecular flexibility index (Phi) is 7.59. The number of carbonyl (C=O) groups excluding carboxylic acids is 2. The first kappa shape index (κ1) is 25.0. The number of esters is 1. The smallest absolute Gasteiger partial charge is 0.417 e. The molecule has 35 heavy (non-hydrogen) atoms. The molecule has 2 aliphatic rings. The van der Waals surface area contributed by atoms with Crippen molar-refractivity contribution >= 4 is 29.7 Å². The van der Waals surface area contributed by atoms with Gasteiger partial charge in [-0.3, -0.25) is 9.59 Å². The summed E-state index contributed by atoms with van der Waals surface area (Å²) in [4.78, 5) is 26.3. The molecule has 0 spiro atoms. The predicted molar refractivity (Wildman–Crippen MR) is 123 cm³/mol. The van der Waals surface area contributed by atoms with Crippen LogP contribution in [0.25, 0.3) is 6.08 Å². The van der Waals surface area contributed by atoms with Crippen LogP contribution in [0.2, 0.25) is 0 Å². The molecule has 0 N–H and O–H groups in total. The van der Waals surface area contributed by atoms with Crippen molar-refractivity contribution in [3.05, 3.63) is 53.6 Å². The SMILES string of the molecule is COC(=O)C1CCN(C(=O)/C=C/c2ccc(Sc3ccc4c(c3)OCCO4)c(C(F)(F)F)c2)CC1. The normalized spacial score (nSPS) is 16.4. The number of rotatable bonds is 5. The average molecular weight is 508 g/mol. The summed E-state index contributed by atoms with van der Waals surface area (Å²) in [6.07, 6.45) is -0.934. The molecule has 0 aromatic heterocycles. The minimum atomic E-state index is -4.57. The number of likely N-dealkylation sites (tertiary alicyclic amines) is 1. The molecule has 186 valence electrons. The molecule has 0 atom stereocenters. The van der Waals surface area contributed by atoms with Gasteiger partial charge in [-0.25, -0.2) is 0 Å². The number of carbonyl (C=O) groups is 2. The van der Waals surface area contributed by atoms with Crippen LogP contribution in [0.3, 0.4) is 0 Å². The average Bonchev–Trinajstić information content (AvgIpc) is 2.86. The number of alkyl halides is 3. The van der Waals surface area contributed by atoms with E-state index in [2.05, 4.69) is 0 Å². The van der Waals surface area contributed by atoms with Gasteiger partial charge in [-0.05, 0) is 54.8 Å². The van der Waals surface area contributed by atoms with Crippen molar-refractivity contribution in [2.24, 2.45) is 5.92 Å². The van der Waals surface area contributed by atoms with Crippen molar-refractivity contribution in [1.82, 2.24) is 4.90 Å². The Morgan fingerprint density at radius 3 is 2.46 bits per heavy atom. The van der Waals surface area contributed by atoms with Crippen molar-refractivity contribution < 1.29 is 37.0 Å². The summed E-state index contributed by atoms with van der Waals surface area (Å²) in [5, 5.41) is 0. The second-order valence-corrected chi connectivity index (χ2v) is 9.23. The quantitative estimate of drug-likeness (QED) is 0.417. The van der Waals surface area contributed by atoms with Crippen LogP contribution in [0.5, 0.6) is 11.5 Å². The first-order valence-electron chi connectivity index (χ1n) is 11.1. The van der Waals surface area contributed by atoms with Gasteiger partial charge in [0.15, 0.2) is 11.5 Å². The molecule has 2 aliphatic heterocycles. The van der Waals surface area contributed by atoms with Crippen LogP contribution in [-0.4, -0.2) is 50.2 Å². The first-order chi connectivity index (χ1) is 16.7. The number of benzene rings is 2. The third-order valence-corrected chi connectivity index (χ3v) is 6.88. The number of fused-ring (bicyclic) bond motifs is 1. The van der Waals surface area contributed by atoms with Crippen molar-refractivity contribution in [2.45, 2.75) is 28.8 Å². The van der Waals surface area contributed by atoms with Gasteiger partial charge in [0.1, 0.15) is 13.2 Å². The summed E-state index contributed by atoms with van der Waals surface area (Å²) < 4.78 is 57.2. The van der Waals surface area contributed by atoms with Crippen molar-refractivity contribution in [1.29, 1.82) is 0 Å². The Balaban J connectivity index is 1.46. The van der Waals surface area contributed by atoms with Crippen LogP contribution in [0.4, 0.5) is 13.2 Å². The van der Waals surface area contributed by atoms with Gasteiger partial charge in [0.2, 0.25) is 5.91 Å². The van der Waals surface area contributed by atoms with E-state index in [1.807, 2.05) is 0 Å². The van der Waals surface area contributed by atoms with Crippen LogP contribution in [-0.2, 0) is 20.5 Å². The van der Waals surface area contributed by atoms with Crippen LogP contribution in [0, 0.1) is 5.92 Å². The lowest BCUT2D eigenvalue weighted by Gasteiger charge is -2.29. The molecule has 0 aliphatic carbocycles. The van der Waals surface area contributed by atoms with Crippen LogP contribution in [0.15, 0.2) is 52.3 Å². The Morgan fingerprint density at radius 1 is 1.06 bits per heavy atom. The second-order valence-electron chi connectivity index (χ2n) is 8.12. The van der Waals surface area contributed by atoms with Gasteiger partial charge in [-0.1, -0.05) is 17.8 Å². The molecule has 2 aromatic rings. The summed E-state index contributed by atoms with van der Waals surface area (Å²) in [6.45, 7) is 1.60. The minimum absolute atomic E-state index is 0.0440. The Morgan fingerprint density at radius 2 is 1.77 bits per heavy atom. The minimum Gasteiger partial charge on any atom is -0.486 e. The molecule has 1 amide bonds. The zero-order valence-corrected chi connectivity index (χ0v) is 19.8. The highest BCUT2D eigenvalue weighted by Crippen LogP contribution is 2.42. The van der Waals surface area contributed by atoms with Gasteiger partial charge in [-0.2, -0.15) is 13.2 Å². The fourth-order valence-electron chi connectivity index (χ4n) is 3.95. The van der Waals surface area contributed by atoms with Gasteiger partial charge < -0.3 is 19.1 Å². The molecule has 2 heterocycles. The number of halogens is 3. The molecular weight excluding hydrogens is 483 g/mol. The van der Waals surface area contributed by atoms with Gasteiger partial charge in [0.25, 0.3) is 0 Å². The molecule has 10 heteroatoms. The molecule has 1 saturated heterocycles. The summed E-state index contributed by atoms with van der Waals surface area (Å²) in [5.74, 6) is 0.236. The molecule has 0 bridgehead atoms. The fraction of sp³-hybridized carbons (Fsp3) is 0.360. The van der Waals surface area contributed by atoms with E-state index in [1.165, 1.54) is 25.3 Å². The number of piperidine rings is 1. The van der Waals surface area contributed by atoms with E-state index in [-0.39, 0.29) is 28.3 Å². The maximum Gasteiger partial charge on any atom is 0.417 e. The zero-order chi connectivity index (χ0) is 25.0. The Bertz CT molecular complexity index is 1130. The highest BCUT2D eigenvalue weighted by molar-refractivity contribution is 7.99. The van der Waals surface area contributed by atoms with E-state index in [0.29, 0.717) is 55.5 Å². The third-order valence-electron chi connectivity index (χ3n) is 5.81. The monoisotopic (exact) mass is 507 g/mol. The predicted octanol–water partition coefficient (Wildman–Crippen LogP) is 5.05. The van der Waals surface area contributed by atoms with E-state index in [9.17, 15) is 22.8 Å². The topological polar surface area (TPSA) is 65.1 Å². The van der Waals surface area contributed by atoms with Gasteiger partial charge in [0, 0.05) is 29.0 Å². The molecular formula is C25H24F3NO5S. The lowest BCUT2D eigenvalue weighted by molar-refractivity contribution is -0.148. The number of ether oxygens (including phenoxy) is 3. The lowest BCUT2D eigenvalue weighted by atomic mass is 9.97. The molecule has 0 saturated carbocycles. The number of methoxy groups -OCH3 is 1.